The van der Waals surface area contributed by atoms with Gasteiger partial charge >= 0.3 is 0 Å². The van der Waals surface area contributed by atoms with Crippen LogP contribution in [-0.2, 0) is 6.54 Å². The van der Waals surface area contributed by atoms with E-state index in [2.05, 4.69) is 39.1 Å². The molecule has 0 radical (unpaired) electrons. The van der Waals surface area contributed by atoms with Gasteiger partial charge in [-0.05, 0) is 18.6 Å². The van der Waals surface area contributed by atoms with Crippen LogP contribution in [0.5, 0.6) is 0 Å². The van der Waals surface area contributed by atoms with Crippen molar-refractivity contribution in [1.82, 2.24) is 4.57 Å². The Hall–Kier alpha value is -0.290. The molecule has 0 N–H and O–H groups in total. The average molecular weight is 267 g/mol. The van der Waals surface area contributed by atoms with Crippen molar-refractivity contribution < 1.29 is 0 Å². The first kappa shape index (κ1) is 15.8. The highest BCUT2D eigenvalue weighted by atomic mass is 31.0. The first-order valence-corrected chi connectivity index (χ1v) is 8.33. The van der Waals surface area contributed by atoms with Crippen molar-refractivity contribution in [2.45, 2.75) is 77.7 Å². The molecule has 1 aromatic heterocycles. The van der Waals surface area contributed by atoms with E-state index in [1.54, 1.807) is 0 Å². The topological polar surface area (TPSA) is 4.93 Å². The number of nitrogens with zero attached hydrogens (tertiary/aromatic N) is 1. The van der Waals surface area contributed by atoms with Gasteiger partial charge in [0.2, 0.25) is 0 Å². The third-order valence-corrected chi connectivity index (χ3v) is 4.14. The summed E-state index contributed by atoms with van der Waals surface area (Å²) in [6.45, 7) is 3.47. The number of hydrogen-bond acceptors (Lipinski definition) is 0. The van der Waals surface area contributed by atoms with Gasteiger partial charge in [0.25, 0.3) is 0 Å². The lowest BCUT2D eigenvalue weighted by molar-refractivity contribution is 0.538. The zero-order valence-corrected chi connectivity index (χ0v) is 13.2. The number of unbranched alkanes of at least 4 members (excludes halogenated alkanes) is 9. The summed E-state index contributed by atoms with van der Waals surface area (Å²) in [7, 11) is 2.80. The Kier molecular flexibility index (Phi) is 9.30. The van der Waals surface area contributed by atoms with Gasteiger partial charge < -0.3 is 4.57 Å². The van der Waals surface area contributed by atoms with Gasteiger partial charge in [-0.3, -0.25) is 0 Å². The zero-order valence-electron chi connectivity index (χ0n) is 12.0. The second-order valence-electron chi connectivity index (χ2n) is 5.31. The van der Waals surface area contributed by atoms with Gasteiger partial charge in [-0.15, -0.1) is 0 Å². The molecule has 0 aromatic carbocycles. The molecule has 1 atom stereocenters. The van der Waals surface area contributed by atoms with Crippen molar-refractivity contribution in [3.05, 3.63) is 18.3 Å². The number of aromatic nitrogens is 1. The minimum absolute atomic E-state index is 1.18. The van der Waals surface area contributed by atoms with Crippen molar-refractivity contribution in [3.8, 4) is 0 Å². The SMILES string of the molecule is CCCCCCCCCCCCn1cccc1P. The fourth-order valence-electron chi connectivity index (χ4n) is 2.40. The van der Waals surface area contributed by atoms with E-state index >= 15 is 0 Å². The van der Waals surface area contributed by atoms with E-state index in [-0.39, 0.29) is 0 Å². The Morgan fingerprint density at radius 1 is 0.889 bits per heavy atom. The Balaban J connectivity index is 1.83. The number of rotatable bonds is 11. The molecule has 1 heterocycles. The van der Waals surface area contributed by atoms with Crippen LogP contribution in [0.2, 0.25) is 0 Å². The van der Waals surface area contributed by atoms with Crippen LogP contribution in [0.3, 0.4) is 0 Å². The third-order valence-electron chi connectivity index (χ3n) is 3.62. The van der Waals surface area contributed by atoms with Crippen molar-refractivity contribution in [3.63, 3.8) is 0 Å². The van der Waals surface area contributed by atoms with E-state index in [1.165, 1.54) is 76.2 Å². The monoisotopic (exact) mass is 267 g/mol. The van der Waals surface area contributed by atoms with Crippen molar-refractivity contribution in [2.24, 2.45) is 0 Å². The molecule has 0 spiro atoms. The van der Waals surface area contributed by atoms with E-state index in [0.717, 1.165) is 0 Å². The van der Waals surface area contributed by atoms with Crippen LogP contribution in [0.15, 0.2) is 18.3 Å². The van der Waals surface area contributed by atoms with Crippen molar-refractivity contribution >= 4 is 14.7 Å². The molecule has 0 aliphatic carbocycles. The maximum Gasteiger partial charge on any atom is 0.0347 e. The summed E-state index contributed by atoms with van der Waals surface area (Å²) >= 11 is 0. The smallest absolute Gasteiger partial charge is 0.0347 e. The first-order valence-electron chi connectivity index (χ1n) is 7.75. The molecular formula is C16H30NP. The molecule has 18 heavy (non-hydrogen) atoms. The second kappa shape index (κ2) is 10.6. The summed E-state index contributed by atoms with van der Waals surface area (Å²) < 4.78 is 2.33. The van der Waals surface area contributed by atoms with Crippen molar-refractivity contribution in [1.29, 1.82) is 0 Å². The Morgan fingerprint density at radius 3 is 1.94 bits per heavy atom. The molecule has 0 aliphatic heterocycles. The summed E-state index contributed by atoms with van der Waals surface area (Å²) in [6.07, 6.45) is 16.3. The van der Waals surface area contributed by atoms with Crippen LogP contribution in [-0.4, -0.2) is 4.57 Å². The van der Waals surface area contributed by atoms with Crippen LogP contribution in [0, 0.1) is 0 Å². The van der Waals surface area contributed by atoms with E-state index in [1.807, 2.05) is 0 Å². The third kappa shape index (κ3) is 7.21. The lowest BCUT2D eigenvalue weighted by Crippen LogP contribution is -2.08. The van der Waals surface area contributed by atoms with Gasteiger partial charge in [-0.1, -0.05) is 74.0 Å². The van der Waals surface area contributed by atoms with Crippen LogP contribution < -0.4 is 5.44 Å². The highest BCUT2D eigenvalue weighted by Crippen LogP contribution is 2.11. The van der Waals surface area contributed by atoms with Gasteiger partial charge in [0, 0.05) is 18.2 Å². The maximum absolute atomic E-state index is 2.80. The average Bonchev–Trinajstić information content (AvgIpc) is 2.77. The predicted molar refractivity (Wildman–Crippen MR) is 85.6 cm³/mol. The molecule has 0 aliphatic rings. The molecule has 1 nitrogen and oxygen atoms in total. The zero-order chi connectivity index (χ0) is 13.1. The van der Waals surface area contributed by atoms with Gasteiger partial charge in [-0.25, -0.2) is 0 Å². The minimum Gasteiger partial charge on any atom is -0.348 e. The Labute approximate surface area is 116 Å². The van der Waals surface area contributed by atoms with Gasteiger partial charge in [0.15, 0.2) is 0 Å². The second-order valence-corrected chi connectivity index (χ2v) is 5.90. The Morgan fingerprint density at radius 2 is 1.44 bits per heavy atom. The molecule has 0 saturated heterocycles. The number of hydrogen-bond donors (Lipinski definition) is 0. The summed E-state index contributed by atoms with van der Waals surface area (Å²) in [5, 5.41) is 0. The first-order chi connectivity index (χ1) is 8.84. The largest absolute Gasteiger partial charge is 0.348 e. The molecule has 0 bridgehead atoms. The maximum atomic E-state index is 2.80. The highest BCUT2D eigenvalue weighted by molar-refractivity contribution is 7.27. The van der Waals surface area contributed by atoms with E-state index in [9.17, 15) is 0 Å². The van der Waals surface area contributed by atoms with E-state index in [4.69, 9.17) is 0 Å². The molecule has 104 valence electrons. The number of aryl methyl sites for hydroxylation is 1. The predicted octanol–water partition coefficient (Wildman–Crippen LogP) is 4.91. The quantitative estimate of drug-likeness (QED) is 0.396. The van der Waals surface area contributed by atoms with E-state index < -0.39 is 0 Å². The van der Waals surface area contributed by atoms with Crippen LogP contribution >= 0.6 is 9.24 Å². The van der Waals surface area contributed by atoms with E-state index in [0.29, 0.717) is 0 Å². The summed E-state index contributed by atoms with van der Waals surface area (Å²) in [4.78, 5) is 0. The molecule has 2 heteroatoms. The standard InChI is InChI=1S/C16H30NP/c1-2-3-4-5-6-7-8-9-10-11-14-17-15-12-13-16(17)18/h12-13,15H,2-11,14,18H2,1H3. The molecule has 0 amide bonds. The van der Waals surface area contributed by atoms with Gasteiger partial charge in [-0.2, -0.15) is 0 Å². The lowest BCUT2D eigenvalue weighted by Gasteiger charge is -2.05. The van der Waals surface area contributed by atoms with Crippen molar-refractivity contribution in [2.75, 3.05) is 0 Å². The fourth-order valence-corrected chi connectivity index (χ4v) is 2.73. The normalized spacial score (nSPS) is 11.0. The molecule has 1 rings (SSSR count). The lowest BCUT2D eigenvalue weighted by atomic mass is 10.1. The Bertz CT molecular complexity index is 293. The molecule has 1 aromatic rings. The molecule has 0 saturated carbocycles. The van der Waals surface area contributed by atoms with Crippen LogP contribution in [0.1, 0.15) is 71.1 Å². The summed E-state index contributed by atoms with van der Waals surface area (Å²) in [5.74, 6) is 0. The van der Waals surface area contributed by atoms with Gasteiger partial charge in [0.05, 0.1) is 0 Å². The fraction of sp³-hybridized carbons (Fsp3) is 0.750. The summed E-state index contributed by atoms with van der Waals surface area (Å²) in [5.41, 5.74) is 1.31. The van der Waals surface area contributed by atoms with Crippen LogP contribution in [0.25, 0.3) is 0 Å². The van der Waals surface area contributed by atoms with Gasteiger partial charge in [0.1, 0.15) is 0 Å². The molecule has 0 fully saturated rings. The minimum atomic E-state index is 1.18. The summed E-state index contributed by atoms with van der Waals surface area (Å²) in [6, 6.07) is 4.28. The molecule has 1 unspecified atom stereocenters. The van der Waals surface area contributed by atoms with Crippen LogP contribution in [0.4, 0.5) is 0 Å². The highest BCUT2D eigenvalue weighted by Gasteiger charge is 1.95. The molecular weight excluding hydrogens is 237 g/mol.